The summed E-state index contributed by atoms with van der Waals surface area (Å²) in [5.41, 5.74) is 1.80. The molecular weight excluding hydrogens is 245 g/mol. The molecule has 0 spiro atoms. The molecule has 1 aromatic rings. The Morgan fingerprint density at radius 2 is 2.16 bits per heavy atom. The number of benzene rings is 1. The van der Waals surface area contributed by atoms with E-state index in [9.17, 15) is 9.18 Å². The molecule has 2 atom stereocenters. The van der Waals surface area contributed by atoms with Crippen LogP contribution in [0.25, 0.3) is 0 Å². The maximum atomic E-state index is 12.8. The van der Waals surface area contributed by atoms with Crippen molar-refractivity contribution in [2.24, 2.45) is 5.92 Å². The minimum absolute atomic E-state index is 0.00903. The Morgan fingerprint density at radius 3 is 2.74 bits per heavy atom. The van der Waals surface area contributed by atoms with Crippen LogP contribution in [-0.2, 0) is 11.3 Å². The lowest BCUT2D eigenvalue weighted by Crippen LogP contribution is -2.37. The maximum absolute atomic E-state index is 12.8. The van der Waals surface area contributed by atoms with Crippen LogP contribution in [-0.4, -0.2) is 24.0 Å². The van der Waals surface area contributed by atoms with Crippen molar-refractivity contribution in [3.63, 3.8) is 0 Å². The second-order valence-corrected chi connectivity index (χ2v) is 5.15. The first-order valence-corrected chi connectivity index (χ1v) is 6.45. The minimum atomic E-state index is -0.0374. The lowest BCUT2D eigenvalue weighted by Gasteiger charge is -2.28. The Morgan fingerprint density at radius 1 is 1.42 bits per heavy atom. The number of carbonyl (C=O) groups excluding carboxylic acids is 1. The SMILES string of the molecule is COc1ccc(CN2C(=O)[C@H]3C/C(=C/F)C2C3)cc1. The van der Waals surface area contributed by atoms with Crippen LogP contribution >= 0.6 is 0 Å². The molecule has 2 aliphatic rings. The van der Waals surface area contributed by atoms with Crippen molar-refractivity contribution in [1.29, 1.82) is 0 Å². The molecule has 1 saturated carbocycles. The molecule has 1 aliphatic carbocycles. The highest BCUT2D eigenvalue weighted by Gasteiger charge is 2.47. The predicted octanol–water partition coefficient (Wildman–Crippen LogP) is 2.67. The second kappa shape index (κ2) is 4.68. The summed E-state index contributed by atoms with van der Waals surface area (Å²) in [5, 5.41) is 0. The molecule has 0 N–H and O–H groups in total. The van der Waals surface area contributed by atoms with Crippen molar-refractivity contribution >= 4 is 5.91 Å². The number of fused-ring (bicyclic) bond motifs is 2. The molecule has 0 aromatic heterocycles. The average molecular weight is 261 g/mol. The number of hydrogen-bond donors (Lipinski definition) is 0. The lowest BCUT2D eigenvalue weighted by molar-refractivity contribution is -0.133. The standard InChI is InChI=1S/C15H16FNO2/c1-19-13-4-2-10(3-5-13)9-17-14-7-11(15(17)18)6-12(14)8-16/h2-5,8,11,14H,6-7,9H2,1H3/b12-8-/t11-,14?/m0/s1. The molecule has 1 saturated heterocycles. The molecule has 2 bridgehead atoms. The summed E-state index contributed by atoms with van der Waals surface area (Å²) in [6.45, 7) is 0.543. The molecule has 1 aromatic carbocycles. The Bertz CT molecular complexity index is 523. The zero-order valence-electron chi connectivity index (χ0n) is 10.8. The number of amides is 1. The molecule has 100 valence electrons. The van der Waals surface area contributed by atoms with Gasteiger partial charge < -0.3 is 9.64 Å². The fraction of sp³-hybridized carbons (Fsp3) is 0.400. The van der Waals surface area contributed by atoms with Crippen molar-refractivity contribution in [2.45, 2.75) is 25.4 Å². The first-order valence-electron chi connectivity index (χ1n) is 6.45. The molecule has 4 heteroatoms. The third-order valence-electron chi connectivity index (χ3n) is 4.08. The van der Waals surface area contributed by atoms with Gasteiger partial charge in [-0.25, -0.2) is 4.39 Å². The lowest BCUT2D eigenvalue weighted by atomic mass is 10.0. The van der Waals surface area contributed by atoms with E-state index in [1.807, 2.05) is 24.3 Å². The largest absolute Gasteiger partial charge is 0.497 e. The van der Waals surface area contributed by atoms with Crippen LogP contribution in [0.1, 0.15) is 18.4 Å². The third kappa shape index (κ3) is 2.01. The quantitative estimate of drug-likeness (QED) is 0.837. The van der Waals surface area contributed by atoms with E-state index in [2.05, 4.69) is 0 Å². The Labute approximate surface area is 111 Å². The number of carbonyl (C=O) groups is 1. The van der Waals surface area contributed by atoms with Gasteiger partial charge in [-0.1, -0.05) is 12.1 Å². The Balaban J connectivity index is 1.77. The van der Waals surface area contributed by atoms with E-state index in [1.54, 1.807) is 12.0 Å². The summed E-state index contributed by atoms with van der Waals surface area (Å²) < 4.78 is 17.9. The fourth-order valence-electron chi connectivity index (χ4n) is 3.06. The summed E-state index contributed by atoms with van der Waals surface area (Å²) in [5.74, 6) is 0.944. The molecule has 2 fully saturated rings. The van der Waals surface area contributed by atoms with E-state index in [0.29, 0.717) is 19.3 Å². The average Bonchev–Trinajstić information content (AvgIpc) is 2.99. The summed E-state index contributed by atoms with van der Waals surface area (Å²) in [7, 11) is 1.62. The molecular formula is C15H16FNO2. The maximum Gasteiger partial charge on any atom is 0.226 e. The second-order valence-electron chi connectivity index (χ2n) is 5.15. The van der Waals surface area contributed by atoms with E-state index in [4.69, 9.17) is 4.74 Å². The monoisotopic (exact) mass is 261 g/mol. The third-order valence-corrected chi connectivity index (χ3v) is 4.08. The normalized spacial score (nSPS) is 27.4. The van der Waals surface area contributed by atoms with E-state index in [0.717, 1.165) is 23.3 Å². The van der Waals surface area contributed by atoms with Crippen LogP contribution in [0.15, 0.2) is 36.2 Å². The van der Waals surface area contributed by atoms with Crippen LogP contribution in [0.2, 0.25) is 0 Å². The van der Waals surface area contributed by atoms with E-state index in [1.165, 1.54) is 0 Å². The van der Waals surface area contributed by atoms with Gasteiger partial charge in [-0.15, -0.1) is 0 Å². The van der Waals surface area contributed by atoms with Gasteiger partial charge in [0, 0.05) is 12.5 Å². The summed E-state index contributed by atoms with van der Waals surface area (Å²) in [6.07, 6.45) is 2.04. The van der Waals surface area contributed by atoms with Crippen LogP contribution in [0.3, 0.4) is 0 Å². The molecule has 3 rings (SSSR count). The van der Waals surface area contributed by atoms with Crippen LogP contribution in [0.4, 0.5) is 4.39 Å². The van der Waals surface area contributed by atoms with Gasteiger partial charge in [0.05, 0.1) is 19.5 Å². The van der Waals surface area contributed by atoms with Crippen LogP contribution < -0.4 is 4.74 Å². The summed E-state index contributed by atoms with van der Waals surface area (Å²) in [6, 6.07) is 7.60. The van der Waals surface area contributed by atoms with Gasteiger partial charge in [-0.2, -0.15) is 0 Å². The summed E-state index contributed by atoms with van der Waals surface area (Å²) >= 11 is 0. The highest BCUT2D eigenvalue weighted by atomic mass is 19.1. The topological polar surface area (TPSA) is 29.5 Å². The summed E-state index contributed by atoms with van der Waals surface area (Å²) in [4.78, 5) is 13.9. The number of hydrogen-bond acceptors (Lipinski definition) is 2. The van der Waals surface area contributed by atoms with Crippen molar-refractivity contribution < 1.29 is 13.9 Å². The van der Waals surface area contributed by atoms with Gasteiger partial charge in [0.1, 0.15) is 5.75 Å². The zero-order chi connectivity index (χ0) is 13.4. The number of ether oxygens (including phenoxy) is 1. The molecule has 19 heavy (non-hydrogen) atoms. The molecule has 1 unspecified atom stereocenters. The number of halogens is 1. The molecule has 1 amide bonds. The number of piperidine rings is 1. The van der Waals surface area contributed by atoms with Crippen molar-refractivity contribution in [2.75, 3.05) is 7.11 Å². The highest BCUT2D eigenvalue weighted by Crippen LogP contribution is 2.43. The number of nitrogens with zero attached hydrogens (tertiary/aromatic N) is 1. The van der Waals surface area contributed by atoms with Crippen molar-refractivity contribution in [3.05, 3.63) is 41.7 Å². The number of likely N-dealkylation sites (tertiary alicyclic amines) is 1. The van der Waals surface area contributed by atoms with Gasteiger partial charge in [0.15, 0.2) is 0 Å². The molecule has 0 radical (unpaired) electrons. The van der Waals surface area contributed by atoms with Gasteiger partial charge in [-0.05, 0) is 36.1 Å². The van der Waals surface area contributed by atoms with Gasteiger partial charge in [0.25, 0.3) is 0 Å². The van der Waals surface area contributed by atoms with E-state index in [-0.39, 0.29) is 17.9 Å². The Hall–Kier alpha value is -1.84. The van der Waals surface area contributed by atoms with Gasteiger partial charge >= 0.3 is 0 Å². The van der Waals surface area contributed by atoms with E-state index < -0.39 is 0 Å². The van der Waals surface area contributed by atoms with Crippen LogP contribution in [0, 0.1) is 5.92 Å². The van der Waals surface area contributed by atoms with E-state index >= 15 is 0 Å². The fourth-order valence-corrected chi connectivity index (χ4v) is 3.06. The predicted molar refractivity (Wildman–Crippen MR) is 69.2 cm³/mol. The highest BCUT2D eigenvalue weighted by molar-refractivity contribution is 5.84. The molecule has 3 nitrogen and oxygen atoms in total. The van der Waals surface area contributed by atoms with Crippen LogP contribution in [0.5, 0.6) is 5.75 Å². The van der Waals surface area contributed by atoms with Crippen molar-refractivity contribution in [3.8, 4) is 5.75 Å². The first-order chi connectivity index (χ1) is 9.22. The molecule has 1 heterocycles. The zero-order valence-corrected chi connectivity index (χ0v) is 10.8. The van der Waals surface area contributed by atoms with Gasteiger partial charge in [0.2, 0.25) is 5.91 Å². The van der Waals surface area contributed by atoms with Gasteiger partial charge in [-0.3, -0.25) is 4.79 Å². The first kappa shape index (κ1) is 12.2. The smallest absolute Gasteiger partial charge is 0.226 e. The molecule has 1 aliphatic heterocycles. The van der Waals surface area contributed by atoms with Crippen molar-refractivity contribution in [1.82, 2.24) is 4.90 Å². The minimum Gasteiger partial charge on any atom is -0.497 e. The Kier molecular flexibility index (Phi) is 3.01. The number of rotatable bonds is 3. The number of methoxy groups -OCH3 is 1.